The maximum absolute atomic E-state index is 12.6. The van der Waals surface area contributed by atoms with E-state index in [2.05, 4.69) is 4.90 Å². The summed E-state index contributed by atoms with van der Waals surface area (Å²) in [6.07, 6.45) is 0.310. The largest absolute Gasteiger partial charge is 0.378 e. The number of rotatable bonds is 4. The Kier molecular flexibility index (Phi) is 6.15. The lowest BCUT2D eigenvalue weighted by molar-refractivity contribution is -0.152. The Balaban J connectivity index is 1.32. The monoisotopic (exact) mass is 420 g/mol. The number of amides is 2. The number of ether oxygens (including phenoxy) is 1. The van der Waals surface area contributed by atoms with Crippen molar-refractivity contribution in [2.75, 3.05) is 59.0 Å². The second-order valence-electron chi connectivity index (χ2n) is 7.54. The molecule has 3 fully saturated rings. The van der Waals surface area contributed by atoms with Crippen molar-refractivity contribution in [2.45, 2.75) is 13.0 Å². The quantitative estimate of drug-likeness (QED) is 0.666. The van der Waals surface area contributed by atoms with E-state index in [0.717, 1.165) is 18.7 Å². The predicted octanol–water partition coefficient (Wildman–Crippen LogP) is 0.646. The summed E-state index contributed by atoms with van der Waals surface area (Å²) in [5, 5.41) is 4.14. The average Bonchev–Trinajstić information content (AvgIpc) is 3.08. The number of ketones is 1. The predicted molar refractivity (Wildman–Crippen MR) is 106 cm³/mol. The molecule has 1 aromatic carbocycles. The average molecular weight is 421 g/mol. The van der Waals surface area contributed by atoms with Crippen LogP contribution in [0.4, 0.5) is 0 Å². The van der Waals surface area contributed by atoms with Crippen LogP contribution in [0.15, 0.2) is 18.2 Å². The highest BCUT2D eigenvalue weighted by molar-refractivity contribution is 6.37. The zero-order chi connectivity index (χ0) is 20.4. The number of carbonyl (C=O) groups is 3. The Morgan fingerprint density at radius 2 is 1.72 bits per heavy atom. The van der Waals surface area contributed by atoms with E-state index in [0.29, 0.717) is 69.5 Å². The Hall–Kier alpha value is -2.00. The smallest absolute Gasteiger partial charge is 0.304 e. The fourth-order valence-electron chi connectivity index (χ4n) is 3.97. The van der Waals surface area contributed by atoms with Gasteiger partial charge in [0.1, 0.15) is 0 Å². The maximum atomic E-state index is 12.6. The molecule has 0 spiro atoms. The van der Waals surface area contributed by atoms with Gasteiger partial charge in [-0.2, -0.15) is 0 Å². The molecule has 4 rings (SSSR count). The zero-order valence-corrected chi connectivity index (χ0v) is 17.1. The van der Waals surface area contributed by atoms with E-state index in [1.165, 1.54) is 0 Å². The molecule has 3 heterocycles. The summed E-state index contributed by atoms with van der Waals surface area (Å²) in [6, 6.07) is 5.51. The molecule has 3 saturated heterocycles. The number of piperazine rings is 1. The summed E-state index contributed by atoms with van der Waals surface area (Å²) in [6.45, 7) is 6.48. The minimum absolute atomic E-state index is 0.0137. The summed E-state index contributed by atoms with van der Waals surface area (Å²) in [7, 11) is 0. The van der Waals surface area contributed by atoms with E-state index < -0.39 is 0 Å². The first-order valence-electron chi connectivity index (χ1n) is 10.0. The van der Waals surface area contributed by atoms with Gasteiger partial charge in [0.2, 0.25) is 5.78 Å². The van der Waals surface area contributed by atoms with Crippen molar-refractivity contribution in [3.05, 3.63) is 34.3 Å². The van der Waals surface area contributed by atoms with Crippen LogP contribution in [0.25, 0.3) is 0 Å². The van der Waals surface area contributed by atoms with Crippen molar-refractivity contribution in [3.8, 4) is 0 Å². The van der Waals surface area contributed by atoms with Crippen molar-refractivity contribution in [1.29, 1.82) is 0 Å². The lowest BCUT2D eigenvalue weighted by Gasteiger charge is -2.39. The highest BCUT2D eigenvalue weighted by Gasteiger charge is 2.34. The van der Waals surface area contributed by atoms with Crippen LogP contribution in [0, 0.1) is 0 Å². The summed E-state index contributed by atoms with van der Waals surface area (Å²) in [5.41, 5.74) is 1.58. The van der Waals surface area contributed by atoms with Crippen LogP contribution in [-0.2, 0) is 20.9 Å². The highest BCUT2D eigenvalue weighted by Crippen LogP contribution is 2.22. The highest BCUT2D eigenvalue weighted by atomic mass is 35.5. The van der Waals surface area contributed by atoms with Crippen LogP contribution in [-0.4, -0.2) is 96.4 Å². The van der Waals surface area contributed by atoms with Gasteiger partial charge < -0.3 is 9.64 Å². The van der Waals surface area contributed by atoms with Crippen molar-refractivity contribution >= 4 is 29.2 Å². The molecular weight excluding hydrogens is 396 g/mol. The third-order valence-electron chi connectivity index (χ3n) is 5.71. The molecule has 0 aliphatic carbocycles. The Bertz CT molecular complexity index is 804. The molecule has 2 amide bonds. The van der Waals surface area contributed by atoms with Gasteiger partial charge in [-0.15, -0.1) is 0 Å². The van der Waals surface area contributed by atoms with Gasteiger partial charge in [0, 0.05) is 69.4 Å². The lowest BCUT2D eigenvalue weighted by atomic mass is 10.1. The molecule has 0 bridgehead atoms. The summed E-state index contributed by atoms with van der Waals surface area (Å²) < 4.78 is 5.30. The molecule has 0 radical (unpaired) electrons. The molecule has 0 aromatic heterocycles. The SMILES string of the molecule is O=C1CCN(N2CCN(Cc3ccc(C(=O)N4CCOCC4)cc3Cl)CC2)C1=O. The van der Waals surface area contributed by atoms with Gasteiger partial charge in [0.05, 0.1) is 13.2 Å². The number of halogens is 1. The molecule has 0 saturated carbocycles. The van der Waals surface area contributed by atoms with E-state index in [-0.39, 0.29) is 17.6 Å². The van der Waals surface area contributed by atoms with Gasteiger partial charge in [0.15, 0.2) is 0 Å². The normalized spacial score (nSPS) is 21.8. The molecule has 156 valence electrons. The molecule has 0 unspecified atom stereocenters. The van der Waals surface area contributed by atoms with Crippen LogP contribution < -0.4 is 0 Å². The van der Waals surface area contributed by atoms with Crippen molar-refractivity contribution in [1.82, 2.24) is 19.8 Å². The number of hydrogen-bond acceptors (Lipinski definition) is 6. The molecule has 1 aromatic rings. The molecule has 29 heavy (non-hydrogen) atoms. The Morgan fingerprint density at radius 3 is 2.34 bits per heavy atom. The molecular formula is C20H25ClN4O4. The minimum atomic E-state index is -0.387. The number of hydrazine groups is 1. The summed E-state index contributed by atoms with van der Waals surface area (Å²) in [5.74, 6) is -0.701. The van der Waals surface area contributed by atoms with Gasteiger partial charge in [-0.25, -0.2) is 5.01 Å². The Morgan fingerprint density at radius 1 is 1.00 bits per heavy atom. The first kappa shape index (κ1) is 20.3. The van der Waals surface area contributed by atoms with Crippen molar-refractivity contribution < 1.29 is 19.1 Å². The number of morpholine rings is 1. The number of hydrogen-bond donors (Lipinski definition) is 0. The van der Waals surface area contributed by atoms with E-state index in [9.17, 15) is 14.4 Å². The van der Waals surface area contributed by atoms with E-state index in [4.69, 9.17) is 16.3 Å². The van der Waals surface area contributed by atoms with Gasteiger partial charge in [-0.05, 0) is 17.7 Å². The molecule has 0 atom stereocenters. The van der Waals surface area contributed by atoms with Gasteiger partial charge in [-0.1, -0.05) is 17.7 Å². The van der Waals surface area contributed by atoms with Crippen LogP contribution in [0.2, 0.25) is 5.02 Å². The van der Waals surface area contributed by atoms with E-state index in [1.54, 1.807) is 16.0 Å². The van der Waals surface area contributed by atoms with Gasteiger partial charge >= 0.3 is 5.91 Å². The maximum Gasteiger partial charge on any atom is 0.304 e. The van der Waals surface area contributed by atoms with Gasteiger partial charge in [-0.3, -0.25) is 24.3 Å². The molecule has 3 aliphatic heterocycles. The second kappa shape index (κ2) is 8.79. The second-order valence-corrected chi connectivity index (χ2v) is 7.95. The van der Waals surface area contributed by atoms with Crippen LogP contribution >= 0.6 is 11.6 Å². The fraction of sp³-hybridized carbons (Fsp3) is 0.550. The third kappa shape index (κ3) is 4.45. The van der Waals surface area contributed by atoms with Crippen LogP contribution in [0.5, 0.6) is 0 Å². The van der Waals surface area contributed by atoms with E-state index >= 15 is 0 Å². The standard InChI is InChI=1S/C20H25ClN4O4/c21-17-13-15(19(27)23-9-11-29-12-10-23)1-2-16(17)14-22-5-7-24(8-6-22)25-4-3-18(26)20(25)28/h1-2,13H,3-12,14H2. The van der Waals surface area contributed by atoms with Gasteiger partial charge in [0.25, 0.3) is 5.91 Å². The number of Topliss-reactive ketones (excluding diaryl/α,β-unsaturated/α-hetero) is 1. The zero-order valence-electron chi connectivity index (χ0n) is 16.3. The first-order valence-corrected chi connectivity index (χ1v) is 10.4. The fourth-order valence-corrected chi connectivity index (χ4v) is 4.21. The van der Waals surface area contributed by atoms with E-state index in [1.807, 2.05) is 17.1 Å². The Labute approximate surface area is 174 Å². The number of carbonyl (C=O) groups excluding carboxylic acids is 3. The summed E-state index contributed by atoms with van der Waals surface area (Å²) >= 11 is 6.48. The number of nitrogens with zero attached hydrogens (tertiary/aromatic N) is 4. The molecule has 9 heteroatoms. The molecule has 8 nitrogen and oxygen atoms in total. The molecule has 0 N–H and O–H groups in total. The van der Waals surface area contributed by atoms with Crippen molar-refractivity contribution in [3.63, 3.8) is 0 Å². The van der Waals surface area contributed by atoms with Crippen LogP contribution in [0.1, 0.15) is 22.3 Å². The van der Waals surface area contributed by atoms with Crippen LogP contribution in [0.3, 0.4) is 0 Å². The lowest BCUT2D eigenvalue weighted by Crippen LogP contribution is -2.54. The summed E-state index contributed by atoms with van der Waals surface area (Å²) in [4.78, 5) is 40.0. The topological polar surface area (TPSA) is 73.4 Å². The van der Waals surface area contributed by atoms with Crippen molar-refractivity contribution in [2.24, 2.45) is 0 Å². The minimum Gasteiger partial charge on any atom is -0.378 e. The molecule has 3 aliphatic rings. The first-order chi connectivity index (χ1) is 14.0. The number of benzene rings is 1. The third-order valence-corrected chi connectivity index (χ3v) is 6.06.